The standard InChI is InChI=1S/C15H22N2O2S/c18-20(19,15-6-9-16-10-7-15)17-11-8-14(12-17)13-4-2-1-3-5-13/h1-5,14-16H,6-12H2. The molecule has 2 saturated heterocycles. The number of hydrogen-bond donors (Lipinski definition) is 1. The summed E-state index contributed by atoms with van der Waals surface area (Å²) in [4.78, 5) is 0. The van der Waals surface area contributed by atoms with E-state index in [0.717, 1.165) is 32.4 Å². The highest BCUT2D eigenvalue weighted by atomic mass is 32.2. The van der Waals surface area contributed by atoms with Gasteiger partial charge in [0.1, 0.15) is 0 Å². The Hall–Kier alpha value is -0.910. The Morgan fingerprint density at radius 2 is 1.75 bits per heavy atom. The number of piperidine rings is 1. The maximum atomic E-state index is 12.7. The molecule has 0 saturated carbocycles. The second kappa shape index (κ2) is 5.84. The van der Waals surface area contributed by atoms with Crippen molar-refractivity contribution in [2.24, 2.45) is 0 Å². The minimum absolute atomic E-state index is 0.182. The van der Waals surface area contributed by atoms with Crippen molar-refractivity contribution in [2.45, 2.75) is 30.4 Å². The van der Waals surface area contributed by atoms with E-state index in [9.17, 15) is 8.42 Å². The van der Waals surface area contributed by atoms with Gasteiger partial charge in [-0.15, -0.1) is 0 Å². The smallest absolute Gasteiger partial charge is 0.217 e. The minimum atomic E-state index is -3.11. The molecule has 1 N–H and O–H groups in total. The molecule has 0 aromatic heterocycles. The zero-order valence-electron chi connectivity index (χ0n) is 11.7. The van der Waals surface area contributed by atoms with E-state index >= 15 is 0 Å². The predicted octanol–water partition coefficient (Wildman–Crippen LogP) is 1.56. The fourth-order valence-corrected chi connectivity index (χ4v) is 5.26. The van der Waals surface area contributed by atoms with E-state index in [1.165, 1.54) is 5.56 Å². The van der Waals surface area contributed by atoms with Crippen LogP contribution in [0.5, 0.6) is 0 Å². The van der Waals surface area contributed by atoms with Crippen LogP contribution in [0.25, 0.3) is 0 Å². The molecule has 4 nitrogen and oxygen atoms in total. The molecular weight excluding hydrogens is 272 g/mol. The molecule has 2 aliphatic heterocycles. The van der Waals surface area contributed by atoms with Crippen LogP contribution in [0.15, 0.2) is 30.3 Å². The normalized spacial score (nSPS) is 25.9. The molecule has 0 amide bonds. The van der Waals surface area contributed by atoms with Crippen molar-refractivity contribution in [3.63, 3.8) is 0 Å². The summed E-state index contributed by atoms with van der Waals surface area (Å²) in [5.74, 6) is 0.354. The topological polar surface area (TPSA) is 49.4 Å². The molecule has 2 aliphatic rings. The predicted molar refractivity (Wildman–Crippen MR) is 80.2 cm³/mol. The lowest BCUT2D eigenvalue weighted by atomic mass is 9.99. The van der Waals surface area contributed by atoms with Crippen LogP contribution in [-0.2, 0) is 10.0 Å². The zero-order valence-corrected chi connectivity index (χ0v) is 12.5. The number of sulfonamides is 1. The first-order valence-electron chi connectivity index (χ1n) is 7.42. The largest absolute Gasteiger partial charge is 0.317 e. The Labute approximate surface area is 121 Å². The van der Waals surface area contributed by atoms with Crippen molar-refractivity contribution in [3.8, 4) is 0 Å². The molecule has 0 bridgehead atoms. The van der Waals surface area contributed by atoms with Crippen molar-refractivity contribution in [3.05, 3.63) is 35.9 Å². The Kier molecular flexibility index (Phi) is 4.10. The number of benzene rings is 1. The average molecular weight is 294 g/mol. The third kappa shape index (κ3) is 2.75. The summed E-state index contributed by atoms with van der Waals surface area (Å²) in [6.45, 7) is 2.96. The Balaban J connectivity index is 1.70. The highest BCUT2D eigenvalue weighted by Crippen LogP contribution is 2.31. The van der Waals surface area contributed by atoms with E-state index in [2.05, 4.69) is 17.4 Å². The molecule has 110 valence electrons. The van der Waals surface area contributed by atoms with Crippen molar-refractivity contribution in [2.75, 3.05) is 26.2 Å². The van der Waals surface area contributed by atoms with Crippen LogP contribution in [-0.4, -0.2) is 44.2 Å². The van der Waals surface area contributed by atoms with Crippen LogP contribution in [0.2, 0.25) is 0 Å². The summed E-state index contributed by atoms with van der Waals surface area (Å²) in [7, 11) is -3.11. The molecule has 20 heavy (non-hydrogen) atoms. The van der Waals surface area contributed by atoms with Gasteiger partial charge in [-0.2, -0.15) is 0 Å². The molecule has 2 fully saturated rings. The van der Waals surface area contributed by atoms with Gasteiger partial charge in [-0.3, -0.25) is 0 Å². The summed E-state index contributed by atoms with van der Waals surface area (Å²) < 4.78 is 27.0. The van der Waals surface area contributed by atoms with Gasteiger partial charge in [-0.1, -0.05) is 30.3 Å². The Bertz CT molecular complexity index is 538. The maximum Gasteiger partial charge on any atom is 0.217 e. The number of nitrogens with one attached hydrogen (secondary N) is 1. The van der Waals surface area contributed by atoms with Crippen LogP contribution in [0.4, 0.5) is 0 Å². The van der Waals surface area contributed by atoms with Crippen LogP contribution in [0, 0.1) is 0 Å². The molecule has 1 unspecified atom stereocenters. The summed E-state index contributed by atoms with van der Waals surface area (Å²) >= 11 is 0. The van der Waals surface area contributed by atoms with E-state index in [-0.39, 0.29) is 5.25 Å². The average Bonchev–Trinajstić information content (AvgIpc) is 3.00. The van der Waals surface area contributed by atoms with Gasteiger partial charge in [0, 0.05) is 13.1 Å². The Morgan fingerprint density at radius 1 is 1.05 bits per heavy atom. The molecule has 1 atom stereocenters. The minimum Gasteiger partial charge on any atom is -0.317 e. The van der Waals surface area contributed by atoms with Gasteiger partial charge in [-0.25, -0.2) is 12.7 Å². The van der Waals surface area contributed by atoms with Crippen molar-refractivity contribution < 1.29 is 8.42 Å². The zero-order chi connectivity index (χ0) is 14.0. The second-order valence-corrected chi connectivity index (χ2v) is 7.96. The van der Waals surface area contributed by atoms with Gasteiger partial charge in [0.05, 0.1) is 5.25 Å². The van der Waals surface area contributed by atoms with Crippen LogP contribution >= 0.6 is 0 Å². The van der Waals surface area contributed by atoms with Crippen LogP contribution in [0.3, 0.4) is 0 Å². The summed E-state index contributed by atoms with van der Waals surface area (Å²) in [5.41, 5.74) is 1.26. The van der Waals surface area contributed by atoms with E-state index in [1.54, 1.807) is 4.31 Å². The second-order valence-electron chi connectivity index (χ2n) is 5.75. The first kappa shape index (κ1) is 14.0. The van der Waals surface area contributed by atoms with Gasteiger partial charge in [-0.05, 0) is 43.8 Å². The third-order valence-corrected chi connectivity index (χ3v) is 6.85. The third-order valence-electron chi connectivity index (χ3n) is 4.49. The summed E-state index contributed by atoms with van der Waals surface area (Å²) in [6.07, 6.45) is 2.43. The van der Waals surface area contributed by atoms with Crippen molar-refractivity contribution in [1.82, 2.24) is 9.62 Å². The van der Waals surface area contributed by atoms with Gasteiger partial charge >= 0.3 is 0 Å². The van der Waals surface area contributed by atoms with Crippen LogP contribution < -0.4 is 5.32 Å². The highest BCUT2D eigenvalue weighted by Gasteiger charge is 2.37. The van der Waals surface area contributed by atoms with Gasteiger partial charge in [0.15, 0.2) is 0 Å². The lowest BCUT2D eigenvalue weighted by molar-refractivity contribution is 0.432. The van der Waals surface area contributed by atoms with E-state index in [1.807, 2.05) is 18.2 Å². The monoisotopic (exact) mass is 294 g/mol. The fourth-order valence-electron chi connectivity index (χ4n) is 3.26. The summed E-state index contributed by atoms with van der Waals surface area (Å²) in [6, 6.07) is 10.3. The molecule has 3 rings (SSSR count). The summed E-state index contributed by atoms with van der Waals surface area (Å²) in [5, 5.41) is 3.05. The van der Waals surface area contributed by atoms with Gasteiger partial charge < -0.3 is 5.32 Å². The van der Waals surface area contributed by atoms with Gasteiger partial charge in [0.25, 0.3) is 0 Å². The lowest BCUT2D eigenvalue weighted by Crippen LogP contribution is -2.43. The SMILES string of the molecule is O=S(=O)(C1CCNCC1)N1CCC(c2ccccc2)C1. The molecule has 1 aromatic carbocycles. The first-order valence-corrected chi connectivity index (χ1v) is 8.93. The Morgan fingerprint density at radius 3 is 2.45 bits per heavy atom. The maximum absolute atomic E-state index is 12.7. The number of rotatable bonds is 3. The molecule has 5 heteroatoms. The molecule has 0 aliphatic carbocycles. The van der Waals surface area contributed by atoms with Crippen LogP contribution in [0.1, 0.15) is 30.7 Å². The lowest BCUT2D eigenvalue weighted by Gasteiger charge is -2.27. The molecule has 0 radical (unpaired) electrons. The van der Waals surface area contributed by atoms with Crippen molar-refractivity contribution >= 4 is 10.0 Å². The number of nitrogens with zero attached hydrogens (tertiary/aromatic N) is 1. The van der Waals surface area contributed by atoms with E-state index in [4.69, 9.17) is 0 Å². The molecule has 0 spiro atoms. The quantitative estimate of drug-likeness (QED) is 0.920. The van der Waals surface area contributed by atoms with Crippen molar-refractivity contribution in [1.29, 1.82) is 0 Å². The van der Waals surface area contributed by atoms with E-state index in [0.29, 0.717) is 19.0 Å². The fraction of sp³-hybridized carbons (Fsp3) is 0.600. The molecule has 2 heterocycles. The highest BCUT2D eigenvalue weighted by molar-refractivity contribution is 7.89. The van der Waals surface area contributed by atoms with E-state index < -0.39 is 10.0 Å². The molecule has 1 aromatic rings. The van der Waals surface area contributed by atoms with Gasteiger partial charge in [0.2, 0.25) is 10.0 Å². The first-order chi connectivity index (χ1) is 9.68. The number of hydrogen-bond acceptors (Lipinski definition) is 3. The molecular formula is C15H22N2O2S.